The molecule has 0 spiro atoms. The first-order chi connectivity index (χ1) is 12.1. The number of aliphatic hydroxyl groups excluding tert-OH is 1. The molecule has 5 rings (SSSR count). The number of aromatic nitrogens is 4. The molecule has 0 saturated heterocycles. The van der Waals surface area contributed by atoms with Crippen molar-refractivity contribution < 1.29 is 5.11 Å². The van der Waals surface area contributed by atoms with Gasteiger partial charge in [-0.25, -0.2) is 9.78 Å². The number of nitrogens with zero attached hydrogens (tertiary/aromatic N) is 4. The van der Waals surface area contributed by atoms with Gasteiger partial charge in [-0.2, -0.15) is 0 Å². The predicted octanol–water partition coefficient (Wildman–Crippen LogP) is 1.22. The van der Waals surface area contributed by atoms with E-state index in [0.29, 0.717) is 42.0 Å². The number of imidazole rings is 1. The number of aliphatic hydroxyl groups is 1. The summed E-state index contributed by atoms with van der Waals surface area (Å²) in [7, 11) is 0. The summed E-state index contributed by atoms with van der Waals surface area (Å²) in [5, 5.41) is 10.7. The molecule has 0 amide bonds. The van der Waals surface area contributed by atoms with E-state index in [1.165, 1.54) is 4.57 Å². The second-order valence-corrected chi connectivity index (χ2v) is 7.89. The van der Waals surface area contributed by atoms with E-state index < -0.39 is 0 Å². The lowest BCUT2D eigenvalue weighted by molar-refractivity contribution is 0.0750. The van der Waals surface area contributed by atoms with Crippen molar-refractivity contribution in [1.29, 1.82) is 0 Å². The fourth-order valence-corrected chi connectivity index (χ4v) is 5.64. The van der Waals surface area contributed by atoms with Crippen LogP contribution in [0.4, 0.5) is 0 Å². The van der Waals surface area contributed by atoms with Gasteiger partial charge < -0.3 is 9.67 Å². The van der Waals surface area contributed by atoms with E-state index in [1.807, 2.05) is 13.8 Å². The highest BCUT2D eigenvalue weighted by atomic mass is 16.3. The Morgan fingerprint density at radius 3 is 2.52 bits per heavy atom. The van der Waals surface area contributed by atoms with Crippen molar-refractivity contribution in [2.24, 2.45) is 11.8 Å². The van der Waals surface area contributed by atoms with Gasteiger partial charge in [-0.05, 0) is 37.5 Å². The number of rotatable bonds is 4. The van der Waals surface area contributed by atoms with E-state index in [2.05, 4.69) is 4.57 Å². The molecule has 0 radical (unpaired) electrons. The molecule has 0 aromatic carbocycles. The zero-order chi connectivity index (χ0) is 17.5. The molecular weight excluding hydrogens is 320 g/mol. The Morgan fingerprint density at radius 2 is 1.84 bits per heavy atom. The molecule has 2 aliphatic carbocycles. The monoisotopic (exact) mass is 344 g/mol. The van der Waals surface area contributed by atoms with Crippen molar-refractivity contribution in [1.82, 2.24) is 18.7 Å². The van der Waals surface area contributed by atoms with Gasteiger partial charge in [0.2, 0.25) is 0 Å². The normalized spacial score (nSPS) is 32.0. The third kappa shape index (κ3) is 1.72. The molecule has 134 valence electrons. The Bertz CT molecular complexity index is 985. The van der Waals surface area contributed by atoms with Crippen molar-refractivity contribution in [3.8, 4) is 0 Å². The Kier molecular flexibility index (Phi) is 3.11. The molecule has 2 fully saturated rings. The molecule has 2 aromatic heterocycles. The smallest absolute Gasteiger partial charge is 0.332 e. The average Bonchev–Trinajstić information content (AvgIpc) is 3.28. The summed E-state index contributed by atoms with van der Waals surface area (Å²) in [6, 6.07) is -0.0207. The minimum absolute atomic E-state index is 0.0207. The van der Waals surface area contributed by atoms with Gasteiger partial charge in [-0.1, -0.05) is 13.8 Å². The summed E-state index contributed by atoms with van der Waals surface area (Å²) in [5.41, 5.74) is 0.513. The largest absolute Gasteiger partial charge is 0.391 e. The minimum atomic E-state index is -0.386. The Hall–Kier alpha value is -1.89. The van der Waals surface area contributed by atoms with Crippen molar-refractivity contribution in [3.05, 3.63) is 26.7 Å². The molecule has 7 nitrogen and oxygen atoms in total. The third-order valence-corrected chi connectivity index (χ3v) is 6.52. The van der Waals surface area contributed by atoms with E-state index >= 15 is 0 Å². The SMILES string of the molecule is CCCn1c(=O)c2nc3n(c2n(CCC)c1=O)[C@@H]1[C@@H](O)[C@H]2C[C@@H]1[C@@H]3C2. The van der Waals surface area contributed by atoms with E-state index in [0.717, 1.165) is 31.5 Å². The zero-order valence-corrected chi connectivity index (χ0v) is 14.7. The molecule has 2 aromatic rings. The van der Waals surface area contributed by atoms with Crippen molar-refractivity contribution in [2.75, 3.05) is 0 Å². The van der Waals surface area contributed by atoms with Gasteiger partial charge >= 0.3 is 5.69 Å². The standard InChI is InChI=1S/C18H24N4O3/c1-3-5-20-16-12(17(24)21(6-4-2)18(20)25)19-15-11-8-9-7-10(11)13(14(9)23)22(15)16/h9-11,13-14,23H,3-8H2,1-2H3/t9-,10+,11-,13-,14-/m0/s1. The Labute approximate surface area is 144 Å². The highest BCUT2D eigenvalue weighted by Gasteiger charge is 2.60. The fourth-order valence-electron chi connectivity index (χ4n) is 5.64. The third-order valence-electron chi connectivity index (χ3n) is 6.52. The van der Waals surface area contributed by atoms with Crippen LogP contribution >= 0.6 is 0 Å². The van der Waals surface area contributed by atoms with E-state index in [9.17, 15) is 14.7 Å². The molecule has 0 unspecified atom stereocenters. The van der Waals surface area contributed by atoms with Crippen LogP contribution in [-0.2, 0) is 13.1 Å². The summed E-state index contributed by atoms with van der Waals surface area (Å²) in [5.74, 6) is 1.99. The van der Waals surface area contributed by atoms with Crippen molar-refractivity contribution in [3.63, 3.8) is 0 Å². The van der Waals surface area contributed by atoms with E-state index in [4.69, 9.17) is 4.98 Å². The summed E-state index contributed by atoms with van der Waals surface area (Å²) in [6.45, 7) is 4.96. The maximum Gasteiger partial charge on any atom is 0.332 e. The van der Waals surface area contributed by atoms with Crippen LogP contribution in [0.25, 0.3) is 11.2 Å². The molecule has 2 saturated carbocycles. The fraction of sp³-hybridized carbons (Fsp3) is 0.722. The number of fused-ring (bicyclic) bond motifs is 6. The average molecular weight is 344 g/mol. The van der Waals surface area contributed by atoms with Gasteiger partial charge in [0, 0.05) is 19.0 Å². The Balaban J connectivity index is 1.86. The first-order valence-electron chi connectivity index (χ1n) is 9.52. The minimum Gasteiger partial charge on any atom is -0.391 e. The van der Waals surface area contributed by atoms with Crippen LogP contribution in [0.2, 0.25) is 0 Å². The summed E-state index contributed by atoms with van der Waals surface area (Å²) >= 11 is 0. The first-order valence-corrected chi connectivity index (χ1v) is 9.52. The van der Waals surface area contributed by atoms with Crippen molar-refractivity contribution >= 4 is 11.2 Å². The van der Waals surface area contributed by atoms with Gasteiger partial charge in [-0.3, -0.25) is 13.9 Å². The molecule has 2 bridgehead atoms. The second kappa shape index (κ2) is 5.06. The van der Waals surface area contributed by atoms with Crippen LogP contribution in [0, 0.1) is 11.8 Å². The van der Waals surface area contributed by atoms with E-state index in [1.54, 1.807) is 4.57 Å². The predicted molar refractivity (Wildman–Crippen MR) is 92.8 cm³/mol. The quantitative estimate of drug-likeness (QED) is 0.904. The number of hydrogen-bond acceptors (Lipinski definition) is 4. The van der Waals surface area contributed by atoms with Gasteiger partial charge in [0.05, 0.1) is 12.1 Å². The van der Waals surface area contributed by atoms with Gasteiger partial charge in [0.1, 0.15) is 5.82 Å². The molecule has 5 atom stereocenters. The maximum absolute atomic E-state index is 13.0. The highest BCUT2D eigenvalue weighted by molar-refractivity contribution is 5.72. The second-order valence-electron chi connectivity index (χ2n) is 7.89. The molecule has 25 heavy (non-hydrogen) atoms. The van der Waals surface area contributed by atoms with Gasteiger partial charge in [0.15, 0.2) is 11.2 Å². The lowest BCUT2D eigenvalue weighted by atomic mass is 9.87. The molecular formula is C18H24N4O3. The lowest BCUT2D eigenvalue weighted by Gasteiger charge is -2.25. The number of aryl methyl sites for hydroxylation is 1. The molecule has 7 heteroatoms. The Morgan fingerprint density at radius 1 is 1.12 bits per heavy atom. The maximum atomic E-state index is 13.0. The van der Waals surface area contributed by atoms with Crippen molar-refractivity contribution in [2.45, 2.75) is 70.7 Å². The summed E-state index contributed by atoms with van der Waals surface area (Å²) < 4.78 is 5.09. The first kappa shape index (κ1) is 15.4. The summed E-state index contributed by atoms with van der Waals surface area (Å²) in [4.78, 5) is 30.6. The molecule has 3 heterocycles. The number of hydrogen-bond donors (Lipinski definition) is 1. The zero-order valence-electron chi connectivity index (χ0n) is 14.7. The van der Waals surface area contributed by atoms with Crippen LogP contribution in [0.3, 0.4) is 0 Å². The highest BCUT2D eigenvalue weighted by Crippen LogP contribution is 2.62. The lowest BCUT2D eigenvalue weighted by Crippen LogP contribution is -2.41. The van der Waals surface area contributed by atoms with E-state index in [-0.39, 0.29) is 23.4 Å². The topological polar surface area (TPSA) is 82.0 Å². The van der Waals surface area contributed by atoms with Gasteiger partial charge in [-0.15, -0.1) is 0 Å². The van der Waals surface area contributed by atoms with Crippen LogP contribution in [-0.4, -0.2) is 29.9 Å². The van der Waals surface area contributed by atoms with Gasteiger partial charge in [0.25, 0.3) is 5.56 Å². The van der Waals surface area contributed by atoms with Crippen LogP contribution in [0.1, 0.15) is 57.3 Å². The molecule has 1 aliphatic heterocycles. The summed E-state index contributed by atoms with van der Waals surface area (Å²) in [6.07, 6.45) is 3.14. The van der Waals surface area contributed by atoms with Crippen LogP contribution < -0.4 is 11.2 Å². The molecule has 3 aliphatic rings. The van der Waals surface area contributed by atoms with Crippen LogP contribution in [0.15, 0.2) is 9.59 Å². The molecule has 1 N–H and O–H groups in total. The van der Waals surface area contributed by atoms with Crippen LogP contribution in [0.5, 0.6) is 0 Å².